The molecule has 2 aromatic carbocycles. The second-order valence-electron chi connectivity index (χ2n) is 5.08. The lowest BCUT2D eigenvalue weighted by atomic mass is 10.1. The van der Waals surface area contributed by atoms with E-state index in [0.29, 0.717) is 0 Å². The van der Waals surface area contributed by atoms with Gasteiger partial charge >= 0.3 is 5.97 Å². The van der Waals surface area contributed by atoms with Gasteiger partial charge in [0.05, 0.1) is 21.8 Å². The van der Waals surface area contributed by atoms with Crippen LogP contribution in [0.4, 0.5) is 0 Å². The summed E-state index contributed by atoms with van der Waals surface area (Å²) in [6, 6.07) is 13.4. The molecule has 1 unspecified atom stereocenters. The number of aromatic carboxylic acids is 1. The van der Waals surface area contributed by atoms with Crippen molar-refractivity contribution in [1.29, 1.82) is 0 Å². The molecule has 21 heavy (non-hydrogen) atoms. The highest BCUT2D eigenvalue weighted by atomic mass is 32.2. The lowest BCUT2D eigenvalue weighted by molar-refractivity contribution is 0.0697. The maximum atomic E-state index is 11.0. The fourth-order valence-electron chi connectivity index (χ4n) is 2.65. The van der Waals surface area contributed by atoms with Crippen LogP contribution in [0.3, 0.4) is 0 Å². The number of hydrogen-bond donors (Lipinski definition) is 2. The first-order valence-electron chi connectivity index (χ1n) is 6.68. The van der Waals surface area contributed by atoms with Gasteiger partial charge < -0.3 is 10.1 Å². The Balaban J connectivity index is 1.71. The zero-order chi connectivity index (χ0) is 14.4. The second-order valence-corrected chi connectivity index (χ2v) is 6.32. The fraction of sp³-hybridized carbons (Fsp3) is 0.125. The number of H-pyrrole nitrogens is 1. The van der Waals surface area contributed by atoms with Crippen LogP contribution in [-0.2, 0) is 6.42 Å². The molecule has 1 aromatic heterocycles. The van der Waals surface area contributed by atoms with Gasteiger partial charge in [-0.1, -0.05) is 18.2 Å². The number of carboxylic acid groups (broad SMARTS) is 1. The zero-order valence-corrected chi connectivity index (χ0v) is 11.9. The Morgan fingerprint density at radius 1 is 1.29 bits per heavy atom. The van der Waals surface area contributed by atoms with E-state index in [2.05, 4.69) is 28.2 Å². The van der Waals surface area contributed by atoms with E-state index in [0.717, 1.165) is 23.3 Å². The van der Waals surface area contributed by atoms with Gasteiger partial charge in [-0.05, 0) is 36.2 Å². The number of hydrogen-bond acceptors (Lipinski definition) is 3. The van der Waals surface area contributed by atoms with Crippen molar-refractivity contribution in [2.75, 3.05) is 0 Å². The van der Waals surface area contributed by atoms with E-state index in [1.54, 1.807) is 30.0 Å². The van der Waals surface area contributed by atoms with E-state index < -0.39 is 5.97 Å². The van der Waals surface area contributed by atoms with Gasteiger partial charge in [-0.2, -0.15) is 0 Å². The third kappa shape index (κ3) is 2.10. The van der Waals surface area contributed by atoms with Crippen molar-refractivity contribution in [2.24, 2.45) is 0 Å². The van der Waals surface area contributed by atoms with Crippen molar-refractivity contribution >= 4 is 28.8 Å². The number of fused-ring (bicyclic) bond motifs is 2. The molecule has 0 aliphatic carbocycles. The van der Waals surface area contributed by atoms with Crippen LogP contribution in [0, 0.1) is 0 Å². The highest BCUT2D eigenvalue weighted by Gasteiger charge is 2.25. The molecule has 1 aliphatic rings. The third-order valence-electron chi connectivity index (χ3n) is 3.70. The van der Waals surface area contributed by atoms with E-state index in [1.807, 2.05) is 6.07 Å². The summed E-state index contributed by atoms with van der Waals surface area (Å²) in [6.45, 7) is 0. The van der Waals surface area contributed by atoms with Crippen molar-refractivity contribution in [3.8, 4) is 0 Å². The third-order valence-corrected chi connectivity index (χ3v) is 5.03. The molecule has 2 heterocycles. The Labute approximate surface area is 125 Å². The van der Waals surface area contributed by atoms with Crippen LogP contribution in [0.25, 0.3) is 11.0 Å². The molecule has 4 nitrogen and oxygen atoms in total. The van der Waals surface area contributed by atoms with Crippen LogP contribution in [0.5, 0.6) is 0 Å². The normalized spacial score (nSPS) is 17.0. The molecular weight excluding hydrogens is 284 g/mol. The maximum absolute atomic E-state index is 11.0. The van der Waals surface area contributed by atoms with Crippen LogP contribution in [0.1, 0.15) is 27.0 Å². The first kappa shape index (κ1) is 12.5. The van der Waals surface area contributed by atoms with Crippen molar-refractivity contribution < 1.29 is 9.90 Å². The minimum atomic E-state index is -0.921. The van der Waals surface area contributed by atoms with Crippen molar-refractivity contribution in [3.05, 3.63) is 59.4 Å². The summed E-state index contributed by atoms with van der Waals surface area (Å²) >= 11 is 1.80. The van der Waals surface area contributed by atoms with Gasteiger partial charge in [0.1, 0.15) is 5.82 Å². The topological polar surface area (TPSA) is 66.0 Å². The van der Waals surface area contributed by atoms with Gasteiger partial charge in [0.15, 0.2) is 0 Å². The van der Waals surface area contributed by atoms with Crippen LogP contribution in [0.2, 0.25) is 0 Å². The van der Waals surface area contributed by atoms with Gasteiger partial charge in [-0.3, -0.25) is 0 Å². The Kier molecular flexibility index (Phi) is 2.75. The van der Waals surface area contributed by atoms with E-state index in [4.69, 9.17) is 5.11 Å². The smallest absolute Gasteiger partial charge is 0.335 e. The molecular formula is C16H12N2O2S. The number of benzene rings is 2. The highest BCUT2D eigenvalue weighted by molar-refractivity contribution is 7.99. The molecule has 5 heteroatoms. The first-order chi connectivity index (χ1) is 10.2. The maximum Gasteiger partial charge on any atom is 0.335 e. The molecule has 0 bridgehead atoms. The number of carbonyl (C=O) groups is 1. The molecule has 4 rings (SSSR count). The number of thioether (sulfide) groups is 1. The number of aromatic nitrogens is 2. The molecule has 0 saturated heterocycles. The van der Waals surface area contributed by atoms with Gasteiger partial charge in [-0.25, -0.2) is 9.78 Å². The average Bonchev–Trinajstić information content (AvgIpc) is 3.09. The molecule has 2 N–H and O–H groups in total. The molecule has 0 fully saturated rings. The quantitative estimate of drug-likeness (QED) is 0.757. The standard InChI is InChI=1S/C16H12N2O2S/c19-16(20)10-5-6-11-12(7-10)18-15(17-11)14-8-9-3-1-2-4-13(9)21-14/h1-7,14H,8H2,(H,17,18)(H,19,20). The second kappa shape index (κ2) is 4.63. The average molecular weight is 296 g/mol. The number of rotatable bonds is 2. The van der Waals surface area contributed by atoms with Crippen molar-refractivity contribution in [1.82, 2.24) is 9.97 Å². The van der Waals surface area contributed by atoms with E-state index >= 15 is 0 Å². The van der Waals surface area contributed by atoms with Gasteiger partial charge in [0.2, 0.25) is 0 Å². The summed E-state index contributed by atoms with van der Waals surface area (Å²) in [5, 5.41) is 9.31. The summed E-state index contributed by atoms with van der Waals surface area (Å²) in [4.78, 5) is 20.2. The van der Waals surface area contributed by atoms with Crippen LogP contribution >= 0.6 is 11.8 Å². The van der Waals surface area contributed by atoms with Crippen LogP contribution in [0.15, 0.2) is 47.4 Å². The summed E-state index contributed by atoms with van der Waals surface area (Å²) in [7, 11) is 0. The predicted molar refractivity (Wildman–Crippen MR) is 81.8 cm³/mol. The highest BCUT2D eigenvalue weighted by Crippen LogP contribution is 2.45. The molecule has 3 aromatic rings. The van der Waals surface area contributed by atoms with E-state index in [-0.39, 0.29) is 10.8 Å². The number of carboxylic acids is 1. The van der Waals surface area contributed by atoms with E-state index in [9.17, 15) is 4.79 Å². The monoisotopic (exact) mass is 296 g/mol. The summed E-state index contributed by atoms with van der Waals surface area (Å²) < 4.78 is 0. The molecule has 1 aliphatic heterocycles. The number of aromatic amines is 1. The van der Waals surface area contributed by atoms with Gasteiger partial charge in [0.25, 0.3) is 0 Å². The first-order valence-corrected chi connectivity index (χ1v) is 7.56. The van der Waals surface area contributed by atoms with Crippen molar-refractivity contribution in [2.45, 2.75) is 16.6 Å². The summed E-state index contributed by atoms with van der Waals surface area (Å²) in [5.74, 6) is -0.00978. The number of imidazole rings is 1. The minimum Gasteiger partial charge on any atom is -0.478 e. The predicted octanol–water partition coefficient (Wildman–Crippen LogP) is 3.65. The Morgan fingerprint density at radius 2 is 2.14 bits per heavy atom. The largest absolute Gasteiger partial charge is 0.478 e. The number of nitrogens with one attached hydrogen (secondary N) is 1. The fourth-order valence-corrected chi connectivity index (χ4v) is 3.90. The van der Waals surface area contributed by atoms with Gasteiger partial charge in [-0.15, -0.1) is 11.8 Å². The van der Waals surface area contributed by atoms with E-state index in [1.165, 1.54) is 10.5 Å². The SMILES string of the molecule is O=C(O)c1ccc2nc(C3Cc4ccccc4S3)[nH]c2c1. The molecule has 1 atom stereocenters. The Bertz CT molecular complexity index is 831. The Hall–Kier alpha value is -2.27. The summed E-state index contributed by atoms with van der Waals surface area (Å²) in [5.41, 5.74) is 3.22. The minimum absolute atomic E-state index is 0.267. The lowest BCUT2D eigenvalue weighted by Crippen LogP contribution is -1.95. The van der Waals surface area contributed by atoms with Gasteiger partial charge in [0, 0.05) is 4.90 Å². The molecule has 0 saturated carbocycles. The lowest BCUT2D eigenvalue weighted by Gasteiger charge is -2.02. The number of nitrogens with zero attached hydrogens (tertiary/aromatic N) is 1. The Morgan fingerprint density at radius 3 is 2.95 bits per heavy atom. The van der Waals surface area contributed by atoms with Crippen molar-refractivity contribution in [3.63, 3.8) is 0 Å². The molecule has 0 amide bonds. The summed E-state index contributed by atoms with van der Waals surface area (Å²) in [6.07, 6.45) is 0.951. The molecule has 0 radical (unpaired) electrons. The van der Waals surface area contributed by atoms with Crippen LogP contribution in [-0.4, -0.2) is 21.0 Å². The molecule has 104 valence electrons. The zero-order valence-electron chi connectivity index (χ0n) is 11.0. The van der Waals surface area contributed by atoms with Crippen LogP contribution < -0.4 is 0 Å². The molecule has 0 spiro atoms.